The molecule has 2 aromatic heterocycles. The Kier molecular flexibility index (Phi) is 2.82. The van der Waals surface area contributed by atoms with Crippen LogP contribution in [0.2, 0.25) is 5.02 Å². The summed E-state index contributed by atoms with van der Waals surface area (Å²) in [5.74, 6) is 0. The van der Waals surface area contributed by atoms with Crippen molar-refractivity contribution >= 4 is 11.6 Å². The number of hydrogen-bond acceptors (Lipinski definition) is 2. The van der Waals surface area contributed by atoms with Crippen LogP contribution >= 0.6 is 11.6 Å². The summed E-state index contributed by atoms with van der Waals surface area (Å²) in [7, 11) is 0. The van der Waals surface area contributed by atoms with E-state index in [0.717, 1.165) is 22.4 Å². The minimum atomic E-state index is 0.661. The number of nitrogens with one attached hydrogen (secondary N) is 1. The minimum absolute atomic E-state index is 0.661. The third-order valence-corrected chi connectivity index (χ3v) is 3.05. The van der Waals surface area contributed by atoms with Gasteiger partial charge in [-0.05, 0) is 17.7 Å². The fourth-order valence-corrected chi connectivity index (χ4v) is 2.06. The predicted octanol–water partition coefficient (Wildman–Crippen LogP) is 3.79. The van der Waals surface area contributed by atoms with Crippen molar-refractivity contribution in [1.82, 2.24) is 15.2 Å². The summed E-state index contributed by atoms with van der Waals surface area (Å²) in [6.07, 6.45) is 5.40. The van der Waals surface area contributed by atoms with Crippen LogP contribution in [0, 0.1) is 0 Å². The van der Waals surface area contributed by atoms with Gasteiger partial charge in [-0.1, -0.05) is 35.9 Å². The van der Waals surface area contributed by atoms with Crippen molar-refractivity contribution in [3.8, 4) is 22.4 Å². The van der Waals surface area contributed by atoms with E-state index in [1.54, 1.807) is 12.4 Å². The lowest BCUT2D eigenvalue weighted by Gasteiger charge is -2.04. The van der Waals surface area contributed by atoms with E-state index in [9.17, 15) is 0 Å². The van der Waals surface area contributed by atoms with Crippen LogP contribution in [-0.4, -0.2) is 15.2 Å². The fourth-order valence-electron chi connectivity index (χ4n) is 1.83. The highest BCUT2D eigenvalue weighted by Gasteiger charge is 2.05. The van der Waals surface area contributed by atoms with Crippen molar-refractivity contribution in [3.63, 3.8) is 0 Å². The zero-order chi connectivity index (χ0) is 12.4. The number of aromatic amines is 1. The molecule has 0 atom stereocenters. The maximum absolute atomic E-state index is 6.12. The van der Waals surface area contributed by atoms with Crippen molar-refractivity contribution in [3.05, 3.63) is 60.0 Å². The lowest BCUT2D eigenvalue weighted by atomic mass is 10.1. The number of aromatic nitrogens is 3. The number of halogens is 1. The molecule has 0 bridgehead atoms. The molecule has 88 valence electrons. The Morgan fingerprint density at radius 2 is 1.72 bits per heavy atom. The molecule has 4 heteroatoms. The van der Waals surface area contributed by atoms with Crippen LogP contribution in [0.25, 0.3) is 22.4 Å². The van der Waals surface area contributed by atoms with Crippen molar-refractivity contribution in [2.45, 2.75) is 0 Å². The highest BCUT2D eigenvalue weighted by Crippen LogP contribution is 2.27. The van der Waals surface area contributed by atoms with E-state index in [0.29, 0.717) is 5.02 Å². The van der Waals surface area contributed by atoms with Gasteiger partial charge in [0.1, 0.15) is 0 Å². The number of nitrogens with zero attached hydrogens (tertiary/aromatic N) is 2. The first-order chi connectivity index (χ1) is 8.84. The third kappa shape index (κ3) is 2.00. The summed E-state index contributed by atoms with van der Waals surface area (Å²) in [6, 6.07) is 11.8. The Morgan fingerprint density at radius 1 is 0.944 bits per heavy atom. The van der Waals surface area contributed by atoms with Crippen molar-refractivity contribution in [2.75, 3.05) is 0 Å². The highest BCUT2D eigenvalue weighted by atomic mass is 35.5. The van der Waals surface area contributed by atoms with Gasteiger partial charge in [0.15, 0.2) is 0 Å². The molecular formula is C14H10ClN3. The number of hydrogen-bond donors (Lipinski definition) is 1. The van der Waals surface area contributed by atoms with Crippen LogP contribution in [0.15, 0.2) is 55.0 Å². The van der Waals surface area contributed by atoms with Crippen LogP contribution in [0.3, 0.4) is 0 Å². The van der Waals surface area contributed by atoms with E-state index in [1.165, 1.54) is 0 Å². The second-order valence-corrected chi connectivity index (χ2v) is 4.31. The van der Waals surface area contributed by atoms with Gasteiger partial charge in [-0.2, -0.15) is 5.10 Å². The maximum atomic E-state index is 6.12. The number of pyridine rings is 1. The van der Waals surface area contributed by atoms with E-state index >= 15 is 0 Å². The van der Waals surface area contributed by atoms with Gasteiger partial charge in [0.25, 0.3) is 0 Å². The zero-order valence-corrected chi connectivity index (χ0v) is 10.2. The topological polar surface area (TPSA) is 41.6 Å². The number of rotatable bonds is 2. The molecule has 0 radical (unpaired) electrons. The van der Waals surface area contributed by atoms with E-state index in [1.807, 2.05) is 42.6 Å². The molecule has 0 aliphatic heterocycles. The normalized spacial score (nSPS) is 10.5. The first-order valence-corrected chi connectivity index (χ1v) is 5.92. The average molecular weight is 256 g/mol. The van der Waals surface area contributed by atoms with E-state index < -0.39 is 0 Å². The lowest BCUT2D eigenvalue weighted by Crippen LogP contribution is -1.84. The molecule has 0 saturated heterocycles. The molecule has 0 spiro atoms. The van der Waals surface area contributed by atoms with E-state index in [2.05, 4.69) is 15.2 Å². The lowest BCUT2D eigenvalue weighted by molar-refractivity contribution is 1.09. The van der Waals surface area contributed by atoms with Gasteiger partial charge in [0.2, 0.25) is 0 Å². The first-order valence-electron chi connectivity index (χ1n) is 5.55. The van der Waals surface area contributed by atoms with Gasteiger partial charge in [-0.15, -0.1) is 0 Å². The molecule has 2 heterocycles. The van der Waals surface area contributed by atoms with Crippen LogP contribution < -0.4 is 0 Å². The molecular weight excluding hydrogens is 246 g/mol. The van der Waals surface area contributed by atoms with Gasteiger partial charge >= 0.3 is 0 Å². The minimum Gasteiger partial charge on any atom is -0.285 e. The van der Waals surface area contributed by atoms with E-state index in [4.69, 9.17) is 11.6 Å². The summed E-state index contributed by atoms with van der Waals surface area (Å²) in [6.45, 7) is 0. The Morgan fingerprint density at radius 3 is 2.39 bits per heavy atom. The molecule has 1 aromatic carbocycles. The van der Waals surface area contributed by atoms with Gasteiger partial charge in [-0.25, -0.2) is 0 Å². The smallest absolute Gasteiger partial charge is 0.0888 e. The summed E-state index contributed by atoms with van der Waals surface area (Å²) >= 11 is 6.12. The molecule has 0 fully saturated rings. The Bertz CT molecular complexity index is 645. The van der Waals surface area contributed by atoms with Crippen molar-refractivity contribution in [2.24, 2.45) is 0 Å². The molecule has 3 aromatic rings. The van der Waals surface area contributed by atoms with Gasteiger partial charge < -0.3 is 0 Å². The molecule has 0 aliphatic carbocycles. The number of H-pyrrole nitrogens is 1. The molecule has 3 nitrogen and oxygen atoms in total. The van der Waals surface area contributed by atoms with Crippen LogP contribution in [0.1, 0.15) is 0 Å². The van der Waals surface area contributed by atoms with Crippen LogP contribution in [0.4, 0.5) is 0 Å². The maximum Gasteiger partial charge on any atom is 0.0888 e. The predicted molar refractivity (Wildman–Crippen MR) is 72.3 cm³/mol. The third-order valence-electron chi connectivity index (χ3n) is 2.75. The first kappa shape index (κ1) is 11.0. The second-order valence-electron chi connectivity index (χ2n) is 3.90. The quantitative estimate of drug-likeness (QED) is 0.757. The molecule has 0 unspecified atom stereocenters. The van der Waals surface area contributed by atoms with Crippen molar-refractivity contribution < 1.29 is 0 Å². The van der Waals surface area contributed by atoms with E-state index in [-0.39, 0.29) is 0 Å². The molecule has 0 amide bonds. The molecule has 18 heavy (non-hydrogen) atoms. The Labute approximate surface area is 109 Å². The summed E-state index contributed by atoms with van der Waals surface area (Å²) < 4.78 is 0. The zero-order valence-electron chi connectivity index (χ0n) is 9.47. The summed E-state index contributed by atoms with van der Waals surface area (Å²) in [5, 5.41) is 7.40. The molecule has 3 rings (SSSR count). The van der Waals surface area contributed by atoms with Gasteiger partial charge in [-0.3, -0.25) is 10.1 Å². The largest absolute Gasteiger partial charge is 0.285 e. The molecule has 0 aliphatic rings. The van der Waals surface area contributed by atoms with Gasteiger partial charge in [0.05, 0.1) is 16.9 Å². The Hall–Kier alpha value is -2.13. The van der Waals surface area contributed by atoms with Crippen LogP contribution in [-0.2, 0) is 0 Å². The summed E-state index contributed by atoms with van der Waals surface area (Å²) in [5.41, 5.74) is 3.99. The summed E-state index contributed by atoms with van der Waals surface area (Å²) in [4.78, 5) is 4.29. The average Bonchev–Trinajstić information content (AvgIpc) is 2.94. The van der Waals surface area contributed by atoms with Crippen molar-refractivity contribution in [1.29, 1.82) is 0 Å². The van der Waals surface area contributed by atoms with Gasteiger partial charge in [0, 0.05) is 23.5 Å². The fraction of sp³-hybridized carbons (Fsp3) is 0. The molecule has 1 N–H and O–H groups in total. The number of benzene rings is 1. The monoisotopic (exact) mass is 255 g/mol. The Balaban J connectivity index is 1.99. The molecule has 0 saturated carbocycles. The standard InChI is InChI=1S/C14H10ClN3/c15-13-2-1-7-16-14(13)11-5-3-10(4-6-11)12-8-17-18-9-12/h1-9H,(H,17,18). The highest BCUT2D eigenvalue weighted by molar-refractivity contribution is 6.33. The SMILES string of the molecule is Clc1cccnc1-c1ccc(-c2cn[nH]c2)cc1. The second kappa shape index (κ2) is 4.63. The van der Waals surface area contributed by atoms with Crippen LogP contribution in [0.5, 0.6) is 0 Å².